The van der Waals surface area contributed by atoms with Crippen LogP contribution in [-0.4, -0.2) is 32.0 Å². The molecule has 0 fully saturated rings. The van der Waals surface area contributed by atoms with E-state index in [4.69, 9.17) is 5.11 Å². The van der Waals surface area contributed by atoms with Crippen molar-refractivity contribution in [3.05, 3.63) is 41.7 Å². The predicted octanol–water partition coefficient (Wildman–Crippen LogP) is 0.822. The van der Waals surface area contributed by atoms with Crippen molar-refractivity contribution >= 4 is 17.6 Å². The molecule has 0 atom stereocenters. The molecule has 1 amide bonds. The summed E-state index contributed by atoms with van der Waals surface area (Å²) >= 11 is 0. The molecule has 2 rings (SSSR count). The van der Waals surface area contributed by atoms with Gasteiger partial charge in [0, 0.05) is 12.3 Å². The zero-order valence-electron chi connectivity index (χ0n) is 10.6. The lowest BCUT2D eigenvalue weighted by molar-refractivity contribution is -0.136. The van der Waals surface area contributed by atoms with Crippen LogP contribution in [0.3, 0.4) is 0 Å². The van der Waals surface area contributed by atoms with Gasteiger partial charge in [0.1, 0.15) is 18.2 Å². The summed E-state index contributed by atoms with van der Waals surface area (Å²) in [5, 5.41) is 18.0. The Balaban J connectivity index is 1.98. The van der Waals surface area contributed by atoms with Crippen molar-refractivity contribution < 1.29 is 23.5 Å². The second-order valence-electron chi connectivity index (χ2n) is 4.15. The molecule has 2 N–H and O–H groups in total. The number of carboxylic acid groups (broad SMARTS) is 1. The van der Waals surface area contributed by atoms with Crippen molar-refractivity contribution in [2.75, 3.05) is 5.32 Å². The van der Waals surface area contributed by atoms with E-state index in [1.54, 1.807) is 0 Å². The number of nitrogens with zero attached hydrogens (tertiary/aromatic N) is 3. The van der Waals surface area contributed by atoms with Crippen molar-refractivity contribution in [1.82, 2.24) is 15.0 Å². The molecular weight excluding hydrogens is 286 g/mol. The number of amides is 1. The van der Waals surface area contributed by atoms with Crippen LogP contribution in [0.2, 0.25) is 0 Å². The van der Waals surface area contributed by atoms with Crippen LogP contribution in [0.5, 0.6) is 0 Å². The average molecular weight is 296 g/mol. The van der Waals surface area contributed by atoms with Gasteiger partial charge in [0.05, 0.1) is 17.8 Å². The number of aliphatic carboxylic acids is 1. The Morgan fingerprint density at radius 1 is 1.33 bits per heavy atom. The molecule has 0 aliphatic rings. The minimum Gasteiger partial charge on any atom is -0.481 e. The summed E-state index contributed by atoms with van der Waals surface area (Å²) in [6.45, 7) is -0.274. The molecule has 110 valence electrons. The van der Waals surface area contributed by atoms with Crippen LogP contribution < -0.4 is 5.32 Å². The van der Waals surface area contributed by atoms with Gasteiger partial charge in [-0.25, -0.2) is 13.5 Å². The quantitative estimate of drug-likeness (QED) is 0.851. The van der Waals surface area contributed by atoms with Gasteiger partial charge in [-0.05, 0) is 12.1 Å². The van der Waals surface area contributed by atoms with E-state index < -0.39 is 23.5 Å². The third kappa shape index (κ3) is 4.06. The Kier molecular flexibility index (Phi) is 4.21. The molecule has 0 bridgehead atoms. The summed E-state index contributed by atoms with van der Waals surface area (Å²) in [6.07, 6.45) is 0.989. The van der Waals surface area contributed by atoms with Crippen LogP contribution in [-0.2, 0) is 22.6 Å². The highest BCUT2D eigenvalue weighted by Crippen LogP contribution is 2.14. The number of hydrogen-bond donors (Lipinski definition) is 2. The minimum absolute atomic E-state index is 0.160. The van der Waals surface area contributed by atoms with E-state index in [0.717, 1.165) is 16.8 Å². The van der Waals surface area contributed by atoms with Crippen LogP contribution in [0.25, 0.3) is 0 Å². The number of rotatable bonds is 5. The number of hydrogen-bond acceptors (Lipinski definition) is 4. The number of anilines is 1. The second kappa shape index (κ2) is 6.07. The molecule has 9 heteroatoms. The number of carbonyl (C=O) groups is 2. The van der Waals surface area contributed by atoms with Gasteiger partial charge >= 0.3 is 5.97 Å². The largest absolute Gasteiger partial charge is 0.481 e. The molecule has 0 saturated carbocycles. The zero-order chi connectivity index (χ0) is 15.4. The van der Waals surface area contributed by atoms with Gasteiger partial charge in [0.25, 0.3) is 0 Å². The highest BCUT2D eigenvalue weighted by Gasteiger charge is 2.11. The second-order valence-corrected chi connectivity index (χ2v) is 4.15. The Bertz CT molecular complexity index is 687. The van der Waals surface area contributed by atoms with Gasteiger partial charge in [-0.1, -0.05) is 5.21 Å². The Morgan fingerprint density at radius 3 is 2.76 bits per heavy atom. The lowest BCUT2D eigenvalue weighted by Crippen LogP contribution is -2.19. The first-order valence-electron chi connectivity index (χ1n) is 5.80. The monoisotopic (exact) mass is 296 g/mol. The van der Waals surface area contributed by atoms with Crippen molar-refractivity contribution in [2.24, 2.45) is 0 Å². The molecule has 0 aliphatic carbocycles. The van der Waals surface area contributed by atoms with Crippen molar-refractivity contribution in [1.29, 1.82) is 0 Å². The maximum atomic E-state index is 13.3. The Labute approximate surface area is 117 Å². The van der Waals surface area contributed by atoms with Gasteiger partial charge in [0.15, 0.2) is 0 Å². The smallest absolute Gasteiger partial charge is 0.309 e. The minimum atomic E-state index is -1.07. The fraction of sp³-hybridized carbons (Fsp3) is 0.167. The number of nitrogens with one attached hydrogen (secondary N) is 1. The van der Waals surface area contributed by atoms with E-state index in [-0.39, 0.29) is 24.3 Å². The number of benzene rings is 1. The van der Waals surface area contributed by atoms with Gasteiger partial charge < -0.3 is 10.4 Å². The molecule has 0 radical (unpaired) electrons. The van der Waals surface area contributed by atoms with Crippen molar-refractivity contribution in [3.8, 4) is 0 Å². The Hall–Kier alpha value is -2.84. The Morgan fingerprint density at radius 2 is 2.10 bits per heavy atom. The van der Waals surface area contributed by atoms with E-state index in [1.165, 1.54) is 6.20 Å². The third-order valence-electron chi connectivity index (χ3n) is 2.43. The van der Waals surface area contributed by atoms with Crippen molar-refractivity contribution in [2.45, 2.75) is 13.0 Å². The molecule has 1 aromatic carbocycles. The third-order valence-corrected chi connectivity index (χ3v) is 2.43. The summed E-state index contributed by atoms with van der Waals surface area (Å²) in [6, 6.07) is 2.76. The van der Waals surface area contributed by atoms with E-state index in [2.05, 4.69) is 15.6 Å². The highest BCUT2D eigenvalue weighted by atomic mass is 19.1. The average Bonchev–Trinajstić information content (AvgIpc) is 2.79. The van der Waals surface area contributed by atoms with Gasteiger partial charge in [-0.15, -0.1) is 5.10 Å². The van der Waals surface area contributed by atoms with Crippen LogP contribution in [0.15, 0.2) is 24.4 Å². The molecule has 2 aromatic rings. The molecule has 0 spiro atoms. The lowest BCUT2D eigenvalue weighted by atomic mass is 10.3. The van der Waals surface area contributed by atoms with E-state index in [9.17, 15) is 18.4 Å². The maximum Gasteiger partial charge on any atom is 0.309 e. The summed E-state index contributed by atoms with van der Waals surface area (Å²) in [5.74, 6) is -3.32. The number of halogens is 2. The molecule has 7 nitrogen and oxygen atoms in total. The standard InChI is InChI=1S/C12H10F2N4O3/c13-7-1-2-10(9(14)3-7)15-11(19)6-18-5-8(16-17-18)4-12(20)21/h1-3,5H,4,6H2,(H,15,19)(H,20,21). The summed E-state index contributed by atoms with van der Waals surface area (Å²) in [5.41, 5.74) is 0.0375. The molecule has 0 saturated heterocycles. The van der Waals surface area contributed by atoms with Gasteiger partial charge in [-0.2, -0.15) is 0 Å². The first-order chi connectivity index (χ1) is 9.94. The molecule has 1 aromatic heterocycles. The fourth-order valence-electron chi connectivity index (χ4n) is 1.58. The summed E-state index contributed by atoms with van der Waals surface area (Å²) < 4.78 is 27.2. The number of aromatic nitrogens is 3. The summed E-state index contributed by atoms with van der Waals surface area (Å²) in [4.78, 5) is 22.2. The highest BCUT2D eigenvalue weighted by molar-refractivity contribution is 5.90. The number of carboxylic acids is 1. The van der Waals surface area contributed by atoms with Gasteiger partial charge in [-0.3, -0.25) is 9.59 Å². The molecule has 21 heavy (non-hydrogen) atoms. The van der Waals surface area contributed by atoms with Crippen molar-refractivity contribution in [3.63, 3.8) is 0 Å². The van der Waals surface area contributed by atoms with Crippen LogP contribution in [0.4, 0.5) is 14.5 Å². The van der Waals surface area contributed by atoms with Crippen LogP contribution in [0.1, 0.15) is 5.69 Å². The molecule has 0 unspecified atom stereocenters. The molecule has 0 aliphatic heterocycles. The zero-order valence-corrected chi connectivity index (χ0v) is 10.6. The fourth-order valence-corrected chi connectivity index (χ4v) is 1.58. The van der Waals surface area contributed by atoms with Crippen LogP contribution >= 0.6 is 0 Å². The predicted molar refractivity (Wildman–Crippen MR) is 66.3 cm³/mol. The van der Waals surface area contributed by atoms with E-state index in [0.29, 0.717) is 6.07 Å². The SMILES string of the molecule is O=C(O)Cc1cn(CC(=O)Nc2ccc(F)cc2F)nn1. The summed E-state index contributed by atoms with van der Waals surface area (Å²) in [7, 11) is 0. The molecular formula is C12H10F2N4O3. The maximum absolute atomic E-state index is 13.3. The van der Waals surface area contributed by atoms with Gasteiger partial charge in [0.2, 0.25) is 5.91 Å². The topological polar surface area (TPSA) is 97.1 Å². The van der Waals surface area contributed by atoms with E-state index >= 15 is 0 Å². The van der Waals surface area contributed by atoms with E-state index in [1.807, 2.05) is 0 Å². The number of carbonyl (C=O) groups excluding carboxylic acids is 1. The first-order valence-corrected chi connectivity index (χ1v) is 5.80. The van der Waals surface area contributed by atoms with Crippen LogP contribution in [0, 0.1) is 11.6 Å². The lowest BCUT2D eigenvalue weighted by Gasteiger charge is -2.06. The normalized spacial score (nSPS) is 10.4. The molecule has 1 heterocycles. The first kappa shape index (κ1) is 14.6.